The third-order valence-corrected chi connectivity index (χ3v) is 10.9. The number of hydrogen-bond donors (Lipinski definition) is 0. The van der Waals surface area contributed by atoms with E-state index in [0.717, 1.165) is 36.8 Å². The number of ketones is 2. The van der Waals surface area contributed by atoms with Crippen molar-refractivity contribution >= 4 is 23.7 Å². The Morgan fingerprint density at radius 2 is 0.969 bits per heavy atom. The molecule has 0 aliphatic heterocycles. The van der Waals surface area contributed by atoms with E-state index in [-0.39, 0.29) is 10.8 Å². The molecule has 2 nitrogen and oxygen atoms in total. The molecule has 5 rings (SSSR count). The first-order chi connectivity index (χ1) is 14.9. The minimum absolute atomic E-state index is 0.165. The quantitative estimate of drug-likeness (QED) is 0.475. The number of rotatable bonds is 2. The first-order valence-electron chi connectivity index (χ1n) is 12.6. The second kappa shape index (κ2) is 6.78. The number of allylic oxidation sites excluding steroid dienone is 2. The molecule has 4 bridgehead atoms. The van der Waals surface area contributed by atoms with Crippen LogP contribution in [0.2, 0.25) is 0 Å². The van der Waals surface area contributed by atoms with Gasteiger partial charge in [-0.3, -0.25) is 9.59 Å². The summed E-state index contributed by atoms with van der Waals surface area (Å²) in [7, 11) is 0. The van der Waals surface area contributed by atoms with E-state index in [1.54, 1.807) is 0 Å². The molecule has 0 N–H and O–H groups in total. The molecule has 0 aromatic heterocycles. The SMILES string of the molecule is Cc1c(C)c(/C=C2/C(=O)C3(C)CCC2C3C)c(C)c(C)c1/C=C1/C(=O)C2(C)CCC1C2C. The third-order valence-electron chi connectivity index (χ3n) is 10.9. The van der Waals surface area contributed by atoms with Crippen LogP contribution in [0.5, 0.6) is 0 Å². The van der Waals surface area contributed by atoms with Gasteiger partial charge in [0.25, 0.3) is 0 Å². The van der Waals surface area contributed by atoms with Gasteiger partial charge in [-0.25, -0.2) is 0 Å². The lowest BCUT2D eigenvalue weighted by Gasteiger charge is -2.24. The van der Waals surface area contributed by atoms with Crippen LogP contribution in [0, 0.1) is 62.2 Å². The number of Topliss-reactive ketones (excluding diaryl/α,β-unsaturated/α-hetero) is 2. The molecule has 0 spiro atoms. The van der Waals surface area contributed by atoms with Crippen molar-refractivity contribution in [2.45, 2.75) is 81.1 Å². The second-order valence-corrected chi connectivity index (χ2v) is 11.9. The topological polar surface area (TPSA) is 34.1 Å². The van der Waals surface area contributed by atoms with E-state index in [1.807, 2.05) is 0 Å². The van der Waals surface area contributed by atoms with Crippen molar-refractivity contribution in [3.8, 4) is 0 Å². The zero-order valence-electron chi connectivity index (χ0n) is 21.1. The monoisotopic (exact) mass is 430 g/mol. The van der Waals surface area contributed by atoms with E-state index in [4.69, 9.17) is 0 Å². The van der Waals surface area contributed by atoms with Gasteiger partial charge in [0.1, 0.15) is 0 Å². The molecule has 0 amide bonds. The summed E-state index contributed by atoms with van der Waals surface area (Å²) >= 11 is 0. The fourth-order valence-corrected chi connectivity index (χ4v) is 7.70. The van der Waals surface area contributed by atoms with E-state index in [9.17, 15) is 9.59 Å². The van der Waals surface area contributed by atoms with Gasteiger partial charge in [0.05, 0.1) is 0 Å². The van der Waals surface area contributed by atoms with Crippen LogP contribution in [-0.4, -0.2) is 11.6 Å². The molecule has 0 radical (unpaired) electrons. The Bertz CT molecular complexity index is 1010. The van der Waals surface area contributed by atoms with Crippen molar-refractivity contribution in [2.24, 2.45) is 34.5 Å². The molecule has 0 saturated heterocycles. The maximum atomic E-state index is 13.2. The first-order valence-corrected chi connectivity index (χ1v) is 12.6. The fraction of sp³-hybridized carbons (Fsp3) is 0.600. The molecule has 1 aromatic carbocycles. The van der Waals surface area contributed by atoms with E-state index in [0.29, 0.717) is 35.2 Å². The van der Waals surface area contributed by atoms with E-state index in [1.165, 1.54) is 33.4 Å². The van der Waals surface area contributed by atoms with Gasteiger partial charge < -0.3 is 0 Å². The minimum Gasteiger partial charge on any atom is -0.294 e. The average Bonchev–Trinajstić information content (AvgIpc) is 3.34. The van der Waals surface area contributed by atoms with Crippen LogP contribution in [0.3, 0.4) is 0 Å². The number of fused-ring (bicyclic) bond motifs is 4. The first kappa shape index (κ1) is 21.9. The summed E-state index contributed by atoms with van der Waals surface area (Å²) in [5.41, 5.74) is 9.18. The van der Waals surface area contributed by atoms with Gasteiger partial charge in [0.2, 0.25) is 0 Å². The average molecular weight is 431 g/mol. The standard InChI is InChI=1S/C30H38O2/c1-15-16(2)24(14-26-22-10-12-30(8,20(22)6)28(26)32)18(4)17(3)23(15)13-25-21-9-11-29(7,19(21)5)27(25)31/h13-14,19-22H,9-12H2,1-8H3/b25-13+,26-14+. The Morgan fingerprint density at radius 1 is 0.656 bits per heavy atom. The van der Waals surface area contributed by atoms with Gasteiger partial charge in [0, 0.05) is 10.8 Å². The fourth-order valence-electron chi connectivity index (χ4n) is 7.70. The summed E-state index contributed by atoms with van der Waals surface area (Å²) in [6.07, 6.45) is 8.78. The predicted octanol–water partition coefficient (Wildman–Crippen LogP) is 6.96. The zero-order chi connectivity index (χ0) is 23.3. The van der Waals surface area contributed by atoms with E-state index >= 15 is 0 Å². The number of carbonyl (C=O) groups excluding carboxylic acids is 2. The summed E-state index contributed by atoms with van der Waals surface area (Å²) < 4.78 is 0. The van der Waals surface area contributed by atoms with Crippen molar-refractivity contribution in [3.05, 3.63) is 44.5 Å². The molecular formula is C30H38O2. The van der Waals surface area contributed by atoms with Crippen LogP contribution in [0.1, 0.15) is 86.8 Å². The molecular weight excluding hydrogens is 392 g/mol. The second-order valence-electron chi connectivity index (χ2n) is 11.9. The zero-order valence-corrected chi connectivity index (χ0v) is 21.1. The Balaban J connectivity index is 1.61. The van der Waals surface area contributed by atoms with Gasteiger partial charge in [-0.05, 0) is 134 Å². The molecule has 32 heavy (non-hydrogen) atoms. The van der Waals surface area contributed by atoms with Crippen molar-refractivity contribution in [2.75, 3.05) is 0 Å². The predicted molar refractivity (Wildman–Crippen MR) is 131 cm³/mol. The Morgan fingerprint density at radius 3 is 1.22 bits per heavy atom. The van der Waals surface area contributed by atoms with E-state index < -0.39 is 0 Å². The summed E-state index contributed by atoms with van der Waals surface area (Å²) in [5, 5.41) is 0. The third kappa shape index (κ3) is 2.53. The highest BCUT2D eigenvalue weighted by Crippen LogP contribution is 2.59. The number of benzene rings is 1. The van der Waals surface area contributed by atoms with Crippen LogP contribution in [-0.2, 0) is 9.59 Å². The Kier molecular flexibility index (Phi) is 4.63. The molecule has 0 heterocycles. The van der Waals surface area contributed by atoms with Crippen molar-refractivity contribution in [1.29, 1.82) is 0 Å². The molecule has 6 atom stereocenters. The highest BCUT2D eigenvalue weighted by molar-refractivity contribution is 6.08. The summed E-state index contributed by atoms with van der Waals surface area (Å²) in [4.78, 5) is 26.5. The molecule has 6 unspecified atom stereocenters. The van der Waals surface area contributed by atoms with Crippen LogP contribution >= 0.6 is 0 Å². The molecule has 4 aliphatic rings. The van der Waals surface area contributed by atoms with Gasteiger partial charge >= 0.3 is 0 Å². The van der Waals surface area contributed by atoms with Crippen LogP contribution < -0.4 is 0 Å². The molecule has 170 valence electrons. The lowest BCUT2D eigenvalue weighted by atomic mass is 9.79. The molecule has 1 aromatic rings. The number of carbonyl (C=O) groups is 2. The highest BCUT2D eigenvalue weighted by Gasteiger charge is 2.58. The smallest absolute Gasteiger partial charge is 0.165 e. The normalized spacial score (nSPS) is 40.5. The number of hydrogen-bond acceptors (Lipinski definition) is 2. The van der Waals surface area contributed by atoms with E-state index in [2.05, 4.69) is 67.5 Å². The van der Waals surface area contributed by atoms with Crippen LogP contribution in [0.15, 0.2) is 11.1 Å². The maximum absolute atomic E-state index is 13.2. The molecule has 4 fully saturated rings. The Labute approximate surface area is 193 Å². The van der Waals surface area contributed by atoms with Crippen molar-refractivity contribution in [1.82, 2.24) is 0 Å². The summed E-state index contributed by atoms with van der Waals surface area (Å²) in [6, 6.07) is 0. The Hall–Kier alpha value is -1.96. The molecule has 4 aliphatic carbocycles. The van der Waals surface area contributed by atoms with Crippen molar-refractivity contribution < 1.29 is 9.59 Å². The maximum Gasteiger partial charge on any atom is 0.165 e. The summed E-state index contributed by atoms with van der Waals surface area (Å²) in [5.74, 6) is 2.44. The lowest BCUT2D eigenvalue weighted by Crippen LogP contribution is -2.25. The van der Waals surface area contributed by atoms with Crippen LogP contribution in [0.25, 0.3) is 12.2 Å². The van der Waals surface area contributed by atoms with Crippen molar-refractivity contribution in [3.63, 3.8) is 0 Å². The molecule has 4 saturated carbocycles. The largest absolute Gasteiger partial charge is 0.294 e. The lowest BCUT2D eigenvalue weighted by molar-refractivity contribution is -0.124. The highest BCUT2D eigenvalue weighted by atomic mass is 16.1. The van der Waals surface area contributed by atoms with Gasteiger partial charge in [-0.1, -0.05) is 27.7 Å². The van der Waals surface area contributed by atoms with Gasteiger partial charge in [-0.2, -0.15) is 0 Å². The molecule has 2 heteroatoms. The van der Waals surface area contributed by atoms with Crippen LogP contribution in [0.4, 0.5) is 0 Å². The van der Waals surface area contributed by atoms with Gasteiger partial charge in [-0.15, -0.1) is 0 Å². The minimum atomic E-state index is -0.165. The van der Waals surface area contributed by atoms with Gasteiger partial charge in [0.15, 0.2) is 11.6 Å². The summed E-state index contributed by atoms with van der Waals surface area (Å²) in [6.45, 7) is 17.6.